The Kier molecular flexibility index (Phi) is 5.49. The summed E-state index contributed by atoms with van der Waals surface area (Å²) in [5, 5.41) is 8.51. The fourth-order valence-electron chi connectivity index (χ4n) is 1.48. The number of nitriles is 1. The van der Waals surface area contributed by atoms with Crippen molar-refractivity contribution in [3.8, 4) is 6.07 Å². The van der Waals surface area contributed by atoms with E-state index < -0.39 is 0 Å². The number of aromatic amines is 1. The quantitative estimate of drug-likeness (QED) is 0.540. The third-order valence-electron chi connectivity index (χ3n) is 2.22. The zero-order valence-corrected chi connectivity index (χ0v) is 9.20. The molecule has 15 heavy (non-hydrogen) atoms. The molecule has 4 nitrogen and oxygen atoms in total. The van der Waals surface area contributed by atoms with E-state index in [9.17, 15) is 0 Å². The number of nitrogens with zero attached hydrogens (tertiary/aromatic N) is 2. The molecule has 0 aliphatic heterocycles. The van der Waals surface area contributed by atoms with Crippen LogP contribution in [-0.4, -0.2) is 18.2 Å². The van der Waals surface area contributed by atoms with Gasteiger partial charge in [-0.25, -0.2) is 9.55 Å². The molecule has 82 valence electrons. The molecule has 1 aromatic rings. The first-order chi connectivity index (χ1) is 7.38. The number of hydrogen-bond acceptors (Lipinski definition) is 2. The molecule has 1 aromatic heterocycles. The van der Waals surface area contributed by atoms with Gasteiger partial charge in [-0.05, 0) is 6.92 Å². The first kappa shape index (κ1) is 11.7. The zero-order chi connectivity index (χ0) is 10.9. The summed E-state index contributed by atoms with van der Waals surface area (Å²) < 4.78 is 7.43. The SMILES string of the molecule is CCOCCC[n+]1cc[nH]c1CCC#N. The highest BCUT2D eigenvalue weighted by molar-refractivity contribution is 4.82. The van der Waals surface area contributed by atoms with E-state index in [1.54, 1.807) is 0 Å². The molecule has 1 N–H and O–H groups in total. The second kappa shape index (κ2) is 7.02. The van der Waals surface area contributed by atoms with Gasteiger partial charge in [0.25, 0.3) is 5.82 Å². The molecule has 1 rings (SSSR count). The summed E-state index contributed by atoms with van der Waals surface area (Å²) in [5.74, 6) is 1.12. The average Bonchev–Trinajstić information content (AvgIpc) is 2.69. The molecule has 0 amide bonds. The van der Waals surface area contributed by atoms with E-state index in [4.69, 9.17) is 10.00 Å². The molecule has 0 atom stereocenters. The molecule has 0 aliphatic carbocycles. The van der Waals surface area contributed by atoms with Crippen molar-refractivity contribution in [1.29, 1.82) is 5.26 Å². The van der Waals surface area contributed by atoms with E-state index in [1.165, 1.54) is 0 Å². The van der Waals surface area contributed by atoms with E-state index in [1.807, 2.05) is 19.3 Å². The standard InChI is InChI=1S/C11H17N3O/c1-2-15-10-4-8-14-9-7-13-11(14)5-3-6-12/h7,9H,2-5,8,10H2,1H3/p+1. The van der Waals surface area contributed by atoms with Gasteiger partial charge in [-0.3, -0.25) is 0 Å². The molecule has 1 heterocycles. The minimum absolute atomic E-state index is 0.561. The van der Waals surface area contributed by atoms with Gasteiger partial charge in [0.15, 0.2) is 0 Å². The van der Waals surface area contributed by atoms with Crippen LogP contribution in [0.15, 0.2) is 12.4 Å². The molecule has 0 unspecified atom stereocenters. The number of H-pyrrole nitrogens is 1. The van der Waals surface area contributed by atoms with Crippen LogP contribution in [0.4, 0.5) is 0 Å². The van der Waals surface area contributed by atoms with Gasteiger partial charge in [-0.15, -0.1) is 0 Å². The summed E-state index contributed by atoms with van der Waals surface area (Å²) in [7, 11) is 0. The van der Waals surface area contributed by atoms with Gasteiger partial charge >= 0.3 is 0 Å². The molecule has 0 saturated heterocycles. The Bertz CT molecular complexity index is 314. The van der Waals surface area contributed by atoms with Gasteiger partial charge in [-0.1, -0.05) is 0 Å². The first-order valence-corrected chi connectivity index (χ1v) is 5.39. The monoisotopic (exact) mass is 208 g/mol. The van der Waals surface area contributed by atoms with Crippen LogP contribution >= 0.6 is 0 Å². The van der Waals surface area contributed by atoms with Crippen LogP contribution < -0.4 is 4.57 Å². The minimum atomic E-state index is 0.561. The normalized spacial score (nSPS) is 10.1. The number of aromatic nitrogens is 2. The van der Waals surface area contributed by atoms with Crippen LogP contribution in [0.1, 0.15) is 25.6 Å². The first-order valence-electron chi connectivity index (χ1n) is 5.39. The van der Waals surface area contributed by atoms with Crippen molar-refractivity contribution >= 4 is 0 Å². The van der Waals surface area contributed by atoms with Crippen molar-refractivity contribution in [3.63, 3.8) is 0 Å². The highest BCUT2D eigenvalue weighted by atomic mass is 16.5. The molecular weight excluding hydrogens is 190 g/mol. The lowest BCUT2D eigenvalue weighted by atomic mass is 10.3. The topological polar surface area (TPSA) is 52.7 Å². The summed E-state index contributed by atoms with van der Waals surface area (Å²) in [6.45, 7) is 4.53. The Hall–Kier alpha value is -1.34. The number of hydrogen-bond donors (Lipinski definition) is 1. The maximum absolute atomic E-state index is 8.51. The van der Waals surface area contributed by atoms with Crippen LogP contribution in [-0.2, 0) is 17.7 Å². The van der Waals surface area contributed by atoms with Crippen LogP contribution in [0.2, 0.25) is 0 Å². The maximum Gasteiger partial charge on any atom is 0.255 e. The van der Waals surface area contributed by atoms with Crippen molar-refractivity contribution < 1.29 is 9.30 Å². The number of nitrogens with one attached hydrogen (secondary N) is 1. The van der Waals surface area contributed by atoms with E-state index in [-0.39, 0.29) is 0 Å². The third-order valence-corrected chi connectivity index (χ3v) is 2.22. The lowest BCUT2D eigenvalue weighted by Crippen LogP contribution is -2.36. The van der Waals surface area contributed by atoms with E-state index >= 15 is 0 Å². The molecule has 0 spiro atoms. The summed E-state index contributed by atoms with van der Waals surface area (Å²) in [6, 6.07) is 2.15. The maximum atomic E-state index is 8.51. The molecule has 0 radical (unpaired) electrons. The van der Waals surface area contributed by atoms with E-state index in [0.29, 0.717) is 6.42 Å². The number of imidazole rings is 1. The Morgan fingerprint density at radius 3 is 3.20 bits per heavy atom. The molecule has 0 bridgehead atoms. The Balaban J connectivity index is 2.33. The second-order valence-electron chi connectivity index (χ2n) is 3.31. The fourth-order valence-corrected chi connectivity index (χ4v) is 1.48. The summed E-state index contributed by atoms with van der Waals surface area (Å²) in [5.41, 5.74) is 0. The summed E-state index contributed by atoms with van der Waals surface area (Å²) >= 11 is 0. The highest BCUT2D eigenvalue weighted by Gasteiger charge is 2.08. The van der Waals surface area contributed by atoms with E-state index in [2.05, 4.69) is 15.6 Å². The largest absolute Gasteiger partial charge is 0.382 e. The minimum Gasteiger partial charge on any atom is -0.382 e. The van der Waals surface area contributed by atoms with Gasteiger partial charge in [0, 0.05) is 19.4 Å². The average molecular weight is 208 g/mol. The number of rotatable bonds is 7. The Morgan fingerprint density at radius 1 is 1.60 bits per heavy atom. The number of ether oxygens (including phenoxy) is 1. The van der Waals surface area contributed by atoms with Crippen molar-refractivity contribution in [3.05, 3.63) is 18.2 Å². The molecule has 0 aliphatic rings. The van der Waals surface area contributed by atoms with Gasteiger partial charge in [-0.2, -0.15) is 5.26 Å². The lowest BCUT2D eigenvalue weighted by Gasteiger charge is -2.00. The Labute approximate surface area is 90.5 Å². The van der Waals surface area contributed by atoms with E-state index in [0.717, 1.165) is 38.4 Å². The van der Waals surface area contributed by atoms with Crippen molar-refractivity contribution in [2.45, 2.75) is 32.7 Å². The lowest BCUT2D eigenvalue weighted by molar-refractivity contribution is -0.703. The Morgan fingerprint density at radius 2 is 2.47 bits per heavy atom. The molecule has 0 aromatic carbocycles. The fraction of sp³-hybridized carbons (Fsp3) is 0.636. The molecule has 0 fully saturated rings. The molecule has 4 heteroatoms. The van der Waals surface area contributed by atoms with Gasteiger partial charge in [0.05, 0.1) is 25.6 Å². The van der Waals surface area contributed by atoms with Crippen molar-refractivity contribution in [2.24, 2.45) is 0 Å². The molecular formula is C11H18N3O+. The predicted molar refractivity (Wildman–Crippen MR) is 56.0 cm³/mol. The van der Waals surface area contributed by atoms with Crippen LogP contribution in [0.25, 0.3) is 0 Å². The molecule has 0 saturated carbocycles. The zero-order valence-electron chi connectivity index (χ0n) is 9.20. The van der Waals surface area contributed by atoms with Gasteiger partial charge < -0.3 is 4.74 Å². The van der Waals surface area contributed by atoms with Crippen LogP contribution in [0, 0.1) is 11.3 Å². The summed E-state index contributed by atoms with van der Waals surface area (Å²) in [4.78, 5) is 3.15. The van der Waals surface area contributed by atoms with Crippen molar-refractivity contribution in [1.82, 2.24) is 4.98 Å². The highest BCUT2D eigenvalue weighted by Crippen LogP contribution is 1.93. The second-order valence-corrected chi connectivity index (χ2v) is 3.31. The predicted octanol–water partition coefficient (Wildman–Crippen LogP) is 1.18. The van der Waals surface area contributed by atoms with Crippen LogP contribution in [0.3, 0.4) is 0 Å². The van der Waals surface area contributed by atoms with Crippen molar-refractivity contribution in [2.75, 3.05) is 13.2 Å². The van der Waals surface area contributed by atoms with Gasteiger partial charge in [0.2, 0.25) is 0 Å². The smallest absolute Gasteiger partial charge is 0.255 e. The van der Waals surface area contributed by atoms with Gasteiger partial charge in [0.1, 0.15) is 12.4 Å². The van der Waals surface area contributed by atoms with Crippen LogP contribution in [0.5, 0.6) is 0 Å². The number of aryl methyl sites for hydroxylation is 2. The third kappa shape index (κ3) is 4.13. The summed E-state index contributed by atoms with van der Waals surface area (Å²) in [6.07, 6.45) is 6.28.